The summed E-state index contributed by atoms with van der Waals surface area (Å²) in [5, 5.41) is 12.2. The molecule has 0 saturated carbocycles. The van der Waals surface area contributed by atoms with Gasteiger partial charge in [0.2, 0.25) is 5.91 Å². The molecule has 0 spiro atoms. The average Bonchev–Trinajstić information content (AvgIpc) is 3.14. The Hall–Kier alpha value is -1.36. The molecule has 2 N–H and O–H groups in total. The number of hydrogen-bond donors (Lipinski definition) is 2. The predicted molar refractivity (Wildman–Crippen MR) is 88.0 cm³/mol. The number of carbonyl (C=O) groups is 2. The first kappa shape index (κ1) is 18.0. The van der Waals surface area contributed by atoms with E-state index in [-0.39, 0.29) is 12.0 Å². The quantitative estimate of drug-likeness (QED) is 0.453. The van der Waals surface area contributed by atoms with E-state index in [0.29, 0.717) is 6.54 Å². The molecule has 2 rings (SSSR count). The van der Waals surface area contributed by atoms with E-state index in [0.717, 1.165) is 12.8 Å². The zero-order valence-electron chi connectivity index (χ0n) is 14.0. The summed E-state index contributed by atoms with van der Waals surface area (Å²) in [7, 11) is 0. The highest BCUT2D eigenvalue weighted by Gasteiger charge is 2.53. The second-order valence-corrected chi connectivity index (χ2v) is 6.61. The minimum atomic E-state index is -0.950. The van der Waals surface area contributed by atoms with E-state index in [1.54, 1.807) is 6.08 Å². The number of carboxylic acids is 1. The monoisotopic (exact) mass is 323 g/mol. The van der Waals surface area contributed by atoms with Crippen molar-refractivity contribution < 1.29 is 19.4 Å². The Morgan fingerprint density at radius 3 is 2.13 bits per heavy atom. The number of unbranched alkanes of at least 4 members (excludes halogenated alkanes) is 7. The van der Waals surface area contributed by atoms with E-state index in [2.05, 4.69) is 12.2 Å². The van der Waals surface area contributed by atoms with Crippen LogP contribution in [0.4, 0.5) is 0 Å². The lowest BCUT2D eigenvalue weighted by Crippen LogP contribution is -2.42. The zero-order valence-corrected chi connectivity index (χ0v) is 14.0. The van der Waals surface area contributed by atoms with Crippen LogP contribution in [0.25, 0.3) is 0 Å². The minimum absolute atomic E-state index is 0.183. The largest absolute Gasteiger partial charge is 0.481 e. The topological polar surface area (TPSA) is 75.6 Å². The number of fused-ring (bicyclic) bond motifs is 2. The summed E-state index contributed by atoms with van der Waals surface area (Å²) >= 11 is 0. The smallest absolute Gasteiger partial charge is 0.310 e. The van der Waals surface area contributed by atoms with Crippen molar-refractivity contribution in [2.75, 3.05) is 6.54 Å². The van der Waals surface area contributed by atoms with Gasteiger partial charge in [0.15, 0.2) is 0 Å². The molecule has 1 fully saturated rings. The molecule has 2 bridgehead atoms. The van der Waals surface area contributed by atoms with Gasteiger partial charge in [0.05, 0.1) is 18.1 Å². The van der Waals surface area contributed by atoms with Crippen LogP contribution in [-0.2, 0) is 14.3 Å². The van der Waals surface area contributed by atoms with Crippen LogP contribution < -0.4 is 5.32 Å². The maximum atomic E-state index is 12.3. The Morgan fingerprint density at radius 1 is 0.957 bits per heavy atom. The molecule has 5 heteroatoms. The zero-order chi connectivity index (χ0) is 16.7. The molecule has 0 aromatic heterocycles. The number of amides is 1. The fourth-order valence-corrected chi connectivity index (χ4v) is 3.50. The Balaban J connectivity index is 1.60. The van der Waals surface area contributed by atoms with E-state index < -0.39 is 23.9 Å². The van der Waals surface area contributed by atoms with Crippen molar-refractivity contribution in [2.45, 2.75) is 70.5 Å². The highest BCUT2D eigenvalue weighted by Crippen LogP contribution is 2.39. The molecule has 0 aromatic rings. The standard InChI is InChI=1S/C18H29NO4/c1-2-3-4-5-6-7-8-9-12-19-17(20)15-13-10-11-14(23-13)16(15)18(21)22/h10-11,13-16H,2-9,12H2,1H3,(H,19,20)(H,21,22)/t13-,14+,15-,16-/m0/s1. The van der Waals surface area contributed by atoms with E-state index in [1.807, 2.05) is 6.08 Å². The molecule has 5 nitrogen and oxygen atoms in total. The predicted octanol–water partition coefficient (Wildman–Crippen LogP) is 2.90. The number of carbonyl (C=O) groups excluding carboxylic acids is 1. The highest BCUT2D eigenvalue weighted by molar-refractivity contribution is 5.87. The Labute approximate surface area is 138 Å². The third kappa shape index (κ3) is 4.80. The van der Waals surface area contributed by atoms with Crippen LogP contribution in [-0.4, -0.2) is 35.7 Å². The van der Waals surface area contributed by atoms with Crippen molar-refractivity contribution in [3.8, 4) is 0 Å². The fourth-order valence-electron chi connectivity index (χ4n) is 3.50. The van der Waals surface area contributed by atoms with Gasteiger partial charge in [-0.3, -0.25) is 9.59 Å². The lowest BCUT2D eigenvalue weighted by Gasteiger charge is -2.20. The summed E-state index contributed by atoms with van der Waals surface area (Å²) < 4.78 is 5.52. The molecule has 2 heterocycles. The van der Waals surface area contributed by atoms with Gasteiger partial charge in [-0.2, -0.15) is 0 Å². The normalized spacial score (nSPS) is 28.2. The molecule has 1 amide bonds. The molecule has 0 aromatic carbocycles. The van der Waals surface area contributed by atoms with Crippen molar-refractivity contribution >= 4 is 11.9 Å². The number of nitrogens with one attached hydrogen (secondary N) is 1. The summed E-state index contributed by atoms with van der Waals surface area (Å²) in [5.74, 6) is -2.47. The van der Waals surface area contributed by atoms with E-state index in [9.17, 15) is 14.7 Å². The van der Waals surface area contributed by atoms with Gasteiger partial charge in [0.25, 0.3) is 0 Å². The fraction of sp³-hybridized carbons (Fsp3) is 0.778. The minimum Gasteiger partial charge on any atom is -0.481 e. The summed E-state index contributed by atoms with van der Waals surface area (Å²) in [6, 6.07) is 0. The molecule has 0 aliphatic carbocycles. The van der Waals surface area contributed by atoms with Crippen LogP contribution >= 0.6 is 0 Å². The third-order valence-electron chi connectivity index (χ3n) is 4.82. The second kappa shape index (κ2) is 9.06. The van der Waals surface area contributed by atoms with Gasteiger partial charge in [-0.15, -0.1) is 0 Å². The van der Waals surface area contributed by atoms with Crippen LogP contribution in [0.2, 0.25) is 0 Å². The lowest BCUT2D eigenvalue weighted by molar-refractivity contribution is -0.146. The first-order valence-electron chi connectivity index (χ1n) is 8.99. The lowest BCUT2D eigenvalue weighted by atomic mass is 9.82. The maximum Gasteiger partial charge on any atom is 0.310 e. The number of hydrogen-bond acceptors (Lipinski definition) is 3. The van der Waals surface area contributed by atoms with Crippen LogP contribution in [0.3, 0.4) is 0 Å². The van der Waals surface area contributed by atoms with Gasteiger partial charge in [-0.05, 0) is 6.42 Å². The van der Waals surface area contributed by atoms with Crippen LogP contribution in [0.5, 0.6) is 0 Å². The summed E-state index contributed by atoms with van der Waals surface area (Å²) in [6.45, 7) is 2.84. The molecule has 23 heavy (non-hydrogen) atoms. The highest BCUT2D eigenvalue weighted by atomic mass is 16.5. The molecule has 0 radical (unpaired) electrons. The van der Waals surface area contributed by atoms with Crippen molar-refractivity contribution in [2.24, 2.45) is 11.8 Å². The molecular formula is C18H29NO4. The van der Waals surface area contributed by atoms with Crippen molar-refractivity contribution in [1.82, 2.24) is 5.32 Å². The first-order chi connectivity index (χ1) is 11.1. The van der Waals surface area contributed by atoms with Crippen LogP contribution in [0.15, 0.2) is 12.2 Å². The Bertz CT molecular complexity index is 435. The molecule has 4 atom stereocenters. The number of carboxylic acid groups (broad SMARTS) is 1. The molecule has 2 aliphatic heterocycles. The van der Waals surface area contributed by atoms with Gasteiger partial charge in [-0.1, -0.05) is 64.0 Å². The second-order valence-electron chi connectivity index (χ2n) is 6.61. The molecule has 130 valence electrons. The Morgan fingerprint density at radius 2 is 1.52 bits per heavy atom. The van der Waals surface area contributed by atoms with Crippen molar-refractivity contribution in [3.63, 3.8) is 0 Å². The van der Waals surface area contributed by atoms with Gasteiger partial charge in [0.1, 0.15) is 5.92 Å². The van der Waals surface area contributed by atoms with Gasteiger partial charge in [0, 0.05) is 6.54 Å². The molecule has 0 unspecified atom stereocenters. The van der Waals surface area contributed by atoms with Gasteiger partial charge < -0.3 is 15.2 Å². The van der Waals surface area contributed by atoms with E-state index in [1.165, 1.54) is 38.5 Å². The van der Waals surface area contributed by atoms with Crippen molar-refractivity contribution in [3.05, 3.63) is 12.2 Å². The van der Waals surface area contributed by atoms with Crippen LogP contribution in [0, 0.1) is 11.8 Å². The van der Waals surface area contributed by atoms with Crippen LogP contribution in [0.1, 0.15) is 58.3 Å². The maximum absolute atomic E-state index is 12.3. The number of aliphatic carboxylic acids is 1. The SMILES string of the molecule is CCCCCCCCCCNC(=O)[C@@H]1[C@@H](C(=O)O)[C@H]2C=C[C@@H]1O2. The summed E-state index contributed by atoms with van der Waals surface area (Å²) in [4.78, 5) is 23.6. The van der Waals surface area contributed by atoms with E-state index in [4.69, 9.17) is 4.74 Å². The van der Waals surface area contributed by atoms with Crippen molar-refractivity contribution in [1.29, 1.82) is 0 Å². The average molecular weight is 323 g/mol. The van der Waals surface area contributed by atoms with E-state index >= 15 is 0 Å². The first-order valence-corrected chi connectivity index (χ1v) is 8.99. The number of ether oxygens (including phenoxy) is 1. The Kier molecular flexibility index (Phi) is 7.09. The summed E-state index contributed by atoms with van der Waals surface area (Å²) in [5.41, 5.74) is 0. The number of rotatable bonds is 11. The van der Waals surface area contributed by atoms with Gasteiger partial charge >= 0.3 is 5.97 Å². The molecule has 1 saturated heterocycles. The molecular weight excluding hydrogens is 294 g/mol. The third-order valence-corrected chi connectivity index (χ3v) is 4.82. The molecule has 2 aliphatic rings. The summed E-state index contributed by atoms with van der Waals surface area (Å²) in [6.07, 6.45) is 12.5. The van der Waals surface area contributed by atoms with Gasteiger partial charge in [-0.25, -0.2) is 0 Å².